The van der Waals surface area contributed by atoms with E-state index in [1.165, 1.54) is 19.9 Å². The van der Waals surface area contributed by atoms with Gasteiger partial charge in [0.05, 0.1) is 4.90 Å². The molecule has 9 nitrogen and oxygen atoms in total. The quantitative estimate of drug-likeness (QED) is 0.355. The molecule has 1 aliphatic heterocycles. The number of ether oxygens (including phenoxy) is 1. The number of nitrogens with zero attached hydrogens (tertiary/aromatic N) is 1. The Labute approximate surface area is 185 Å². The van der Waals surface area contributed by atoms with Crippen LogP contribution in [-0.4, -0.2) is 44.6 Å². The van der Waals surface area contributed by atoms with Crippen LogP contribution in [0.4, 0.5) is 5.69 Å². The summed E-state index contributed by atoms with van der Waals surface area (Å²) in [6.07, 6.45) is -0.654. The third-order valence-electron chi connectivity index (χ3n) is 4.71. The van der Waals surface area contributed by atoms with Crippen molar-refractivity contribution >= 4 is 39.2 Å². The van der Waals surface area contributed by atoms with E-state index in [1.807, 2.05) is 0 Å². The van der Waals surface area contributed by atoms with E-state index in [4.69, 9.17) is 4.74 Å². The largest absolute Gasteiger partial charge is 0.453 e. The SMILES string of the molecule is CC(=O)c1ccc(NC(=O)[C@@H](C)OC(=O)CCCN=C2NS(=O)(=O)c3ccccc32)cc1. The number of nitrogens with one attached hydrogen (secondary N) is 2. The number of hydrogen-bond acceptors (Lipinski definition) is 7. The zero-order valence-corrected chi connectivity index (χ0v) is 18.4. The monoisotopic (exact) mass is 457 g/mol. The molecule has 1 aliphatic rings. The number of amidine groups is 1. The zero-order chi connectivity index (χ0) is 23.3. The number of sulfonamides is 1. The molecular weight excluding hydrogens is 434 g/mol. The number of carbonyl (C=O) groups excluding carboxylic acids is 3. The molecule has 0 saturated carbocycles. The number of hydrogen-bond donors (Lipinski definition) is 2. The van der Waals surface area contributed by atoms with E-state index in [2.05, 4.69) is 15.0 Å². The van der Waals surface area contributed by atoms with Gasteiger partial charge in [-0.05, 0) is 56.7 Å². The molecule has 0 unspecified atom stereocenters. The first kappa shape index (κ1) is 23.1. The fourth-order valence-corrected chi connectivity index (χ4v) is 4.26. The van der Waals surface area contributed by atoms with Crippen LogP contribution in [0.3, 0.4) is 0 Å². The number of fused-ring (bicyclic) bond motifs is 1. The van der Waals surface area contributed by atoms with Crippen LogP contribution in [0.25, 0.3) is 0 Å². The van der Waals surface area contributed by atoms with Crippen molar-refractivity contribution in [2.45, 2.75) is 37.7 Å². The third kappa shape index (κ3) is 5.58. The molecule has 1 heterocycles. The Morgan fingerprint density at radius 1 is 1.09 bits per heavy atom. The predicted molar refractivity (Wildman–Crippen MR) is 118 cm³/mol. The molecule has 1 amide bonds. The second-order valence-electron chi connectivity index (χ2n) is 7.19. The third-order valence-corrected chi connectivity index (χ3v) is 6.11. The molecule has 0 aliphatic carbocycles. The van der Waals surface area contributed by atoms with Crippen LogP contribution < -0.4 is 10.0 Å². The molecule has 0 fully saturated rings. The van der Waals surface area contributed by atoms with Crippen LogP contribution in [0.15, 0.2) is 58.4 Å². The van der Waals surface area contributed by atoms with Gasteiger partial charge in [0.2, 0.25) is 0 Å². The van der Waals surface area contributed by atoms with Crippen LogP contribution in [0.2, 0.25) is 0 Å². The maximum atomic E-state index is 12.2. The number of anilines is 1. The Bertz CT molecular complexity index is 1170. The molecule has 10 heteroatoms. The summed E-state index contributed by atoms with van der Waals surface area (Å²) in [7, 11) is -3.60. The van der Waals surface area contributed by atoms with Gasteiger partial charge in [0.15, 0.2) is 11.9 Å². The van der Waals surface area contributed by atoms with E-state index in [0.29, 0.717) is 23.2 Å². The second-order valence-corrected chi connectivity index (χ2v) is 8.84. The summed E-state index contributed by atoms with van der Waals surface area (Å²) in [5, 5.41) is 2.62. The van der Waals surface area contributed by atoms with Gasteiger partial charge in [-0.15, -0.1) is 0 Å². The van der Waals surface area contributed by atoms with Crippen LogP contribution in [0.5, 0.6) is 0 Å². The molecule has 0 radical (unpaired) electrons. The van der Waals surface area contributed by atoms with Gasteiger partial charge in [0.1, 0.15) is 5.84 Å². The molecule has 168 valence electrons. The maximum absolute atomic E-state index is 12.2. The lowest BCUT2D eigenvalue weighted by molar-refractivity contribution is -0.153. The molecule has 32 heavy (non-hydrogen) atoms. The summed E-state index contributed by atoms with van der Waals surface area (Å²) in [6, 6.07) is 12.9. The molecule has 0 saturated heterocycles. The fraction of sp³-hybridized carbons (Fsp3) is 0.273. The van der Waals surface area contributed by atoms with Crippen molar-refractivity contribution < 1.29 is 27.5 Å². The Balaban J connectivity index is 1.45. The van der Waals surface area contributed by atoms with Gasteiger partial charge in [-0.25, -0.2) is 8.42 Å². The molecule has 0 bridgehead atoms. The van der Waals surface area contributed by atoms with E-state index in [9.17, 15) is 22.8 Å². The normalized spacial score (nSPS) is 16.0. The lowest BCUT2D eigenvalue weighted by Gasteiger charge is -2.13. The Morgan fingerprint density at radius 2 is 1.78 bits per heavy atom. The first-order chi connectivity index (χ1) is 15.2. The number of esters is 1. The highest BCUT2D eigenvalue weighted by Crippen LogP contribution is 2.22. The topological polar surface area (TPSA) is 131 Å². The first-order valence-corrected chi connectivity index (χ1v) is 11.4. The van der Waals surface area contributed by atoms with E-state index >= 15 is 0 Å². The van der Waals surface area contributed by atoms with Crippen LogP contribution in [-0.2, 0) is 24.3 Å². The smallest absolute Gasteiger partial charge is 0.306 e. The number of rotatable bonds is 8. The molecule has 0 spiro atoms. The standard InChI is InChI=1S/C22H23N3O6S/c1-14(26)16-9-11-17(12-10-16)24-22(28)15(2)31-20(27)8-5-13-23-21-18-6-3-4-7-19(18)32(29,30)25-21/h3-4,6-7,9-12,15H,5,8,13H2,1-2H3,(H,23,25)(H,24,28)/t15-/m1/s1. The van der Waals surface area contributed by atoms with Crippen molar-refractivity contribution in [3.63, 3.8) is 0 Å². The predicted octanol–water partition coefficient (Wildman–Crippen LogP) is 2.28. The van der Waals surface area contributed by atoms with Gasteiger partial charge in [0, 0.05) is 29.8 Å². The van der Waals surface area contributed by atoms with Crippen molar-refractivity contribution in [1.82, 2.24) is 4.72 Å². The number of carbonyl (C=O) groups is 3. The number of benzene rings is 2. The minimum atomic E-state index is -3.60. The van der Waals surface area contributed by atoms with Crippen LogP contribution >= 0.6 is 0 Å². The number of ketones is 1. The first-order valence-electron chi connectivity index (χ1n) is 9.95. The van der Waals surface area contributed by atoms with Crippen molar-refractivity contribution in [2.75, 3.05) is 11.9 Å². The minimum absolute atomic E-state index is 0.0239. The number of aliphatic imine (C=N–C) groups is 1. The van der Waals surface area contributed by atoms with E-state index in [-0.39, 0.29) is 29.5 Å². The van der Waals surface area contributed by atoms with Crippen molar-refractivity contribution in [2.24, 2.45) is 4.99 Å². The van der Waals surface area contributed by atoms with Gasteiger partial charge in [-0.3, -0.25) is 24.1 Å². The van der Waals surface area contributed by atoms with Gasteiger partial charge in [0.25, 0.3) is 15.9 Å². The van der Waals surface area contributed by atoms with Gasteiger partial charge < -0.3 is 10.1 Å². The summed E-state index contributed by atoms with van der Waals surface area (Å²) >= 11 is 0. The molecule has 0 aromatic heterocycles. The van der Waals surface area contributed by atoms with Crippen molar-refractivity contribution in [1.29, 1.82) is 0 Å². The Hall–Kier alpha value is -3.53. The molecule has 2 aromatic carbocycles. The summed E-state index contributed by atoms with van der Waals surface area (Å²) < 4.78 is 31.6. The average Bonchev–Trinajstić information content (AvgIpc) is 3.02. The lowest BCUT2D eigenvalue weighted by atomic mass is 10.1. The minimum Gasteiger partial charge on any atom is -0.453 e. The van der Waals surface area contributed by atoms with E-state index in [0.717, 1.165) is 0 Å². The second kappa shape index (κ2) is 9.73. The average molecular weight is 458 g/mol. The molecule has 3 rings (SSSR count). The number of Topliss-reactive ketones (excluding diaryl/α,β-unsaturated/α-hetero) is 1. The van der Waals surface area contributed by atoms with Gasteiger partial charge in [-0.1, -0.05) is 12.1 Å². The van der Waals surface area contributed by atoms with Crippen LogP contribution in [0.1, 0.15) is 42.6 Å². The van der Waals surface area contributed by atoms with E-state index < -0.39 is 28.0 Å². The highest BCUT2D eigenvalue weighted by atomic mass is 32.2. The molecular formula is C22H23N3O6S. The van der Waals surface area contributed by atoms with Gasteiger partial charge in [-0.2, -0.15) is 0 Å². The highest BCUT2D eigenvalue weighted by molar-refractivity contribution is 7.90. The molecule has 2 N–H and O–H groups in total. The van der Waals surface area contributed by atoms with Gasteiger partial charge >= 0.3 is 5.97 Å². The van der Waals surface area contributed by atoms with E-state index in [1.54, 1.807) is 42.5 Å². The number of amides is 1. The summed E-state index contributed by atoms with van der Waals surface area (Å²) in [5.41, 5.74) is 1.51. The summed E-state index contributed by atoms with van der Waals surface area (Å²) in [4.78, 5) is 39.9. The Morgan fingerprint density at radius 3 is 2.47 bits per heavy atom. The summed E-state index contributed by atoms with van der Waals surface area (Å²) in [6.45, 7) is 3.12. The molecule has 1 atom stereocenters. The maximum Gasteiger partial charge on any atom is 0.306 e. The highest BCUT2D eigenvalue weighted by Gasteiger charge is 2.29. The molecule has 2 aromatic rings. The fourth-order valence-electron chi connectivity index (χ4n) is 3.01. The van der Waals surface area contributed by atoms with Crippen LogP contribution in [0, 0.1) is 0 Å². The van der Waals surface area contributed by atoms with Crippen molar-refractivity contribution in [3.8, 4) is 0 Å². The summed E-state index contributed by atoms with van der Waals surface area (Å²) in [5.74, 6) is -0.888. The lowest BCUT2D eigenvalue weighted by Crippen LogP contribution is -2.30. The van der Waals surface area contributed by atoms with Crippen molar-refractivity contribution in [3.05, 3.63) is 59.7 Å². The Kier molecular flexibility index (Phi) is 7.04. The zero-order valence-electron chi connectivity index (χ0n) is 17.6.